The second-order valence-corrected chi connectivity index (χ2v) is 6.60. The van der Waals surface area contributed by atoms with Crippen LogP contribution in [0, 0.1) is 13.5 Å². The minimum atomic E-state index is -0.0512. The molecular formula is C21H18N4O3. The van der Waals surface area contributed by atoms with E-state index in [2.05, 4.69) is 15.0 Å². The van der Waals surface area contributed by atoms with E-state index in [1.807, 2.05) is 24.3 Å². The van der Waals surface area contributed by atoms with Crippen LogP contribution in [-0.2, 0) is 0 Å². The lowest BCUT2D eigenvalue weighted by Gasteiger charge is -2.17. The van der Waals surface area contributed by atoms with Gasteiger partial charge in [0.1, 0.15) is 11.9 Å². The lowest BCUT2D eigenvalue weighted by atomic mass is 10.2. The Morgan fingerprint density at radius 1 is 1.21 bits per heavy atom. The quantitative estimate of drug-likeness (QED) is 0.648. The lowest BCUT2D eigenvalue weighted by molar-refractivity contribution is 0.0772. The Bertz CT molecular complexity index is 1020. The standard InChI is InChI=1S/C21H18N4O3/c1-14-23-20(24-28-14)15-5-9-18(10-6-15)27-19-11-12-25(13-19)21(26)16-3-7-17(22-2)8-4-16/h3-10,19H,11-13H2,1H3/t19-/m0/s1. The summed E-state index contributed by atoms with van der Waals surface area (Å²) in [7, 11) is 0. The number of amides is 1. The lowest BCUT2D eigenvalue weighted by Crippen LogP contribution is -2.30. The highest BCUT2D eigenvalue weighted by atomic mass is 16.5. The zero-order valence-electron chi connectivity index (χ0n) is 15.3. The van der Waals surface area contributed by atoms with Crippen molar-refractivity contribution < 1.29 is 14.1 Å². The van der Waals surface area contributed by atoms with Crippen LogP contribution in [0.3, 0.4) is 0 Å². The fourth-order valence-corrected chi connectivity index (χ4v) is 3.16. The van der Waals surface area contributed by atoms with E-state index in [0.29, 0.717) is 36.1 Å². The first-order valence-corrected chi connectivity index (χ1v) is 8.96. The first-order chi connectivity index (χ1) is 13.6. The second-order valence-electron chi connectivity index (χ2n) is 6.60. The Hall–Kier alpha value is -3.66. The van der Waals surface area contributed by atoms with Gasteiger partial charge in [-0.1, -0.05) is 29.4 Å². The molecule has 140 valence electrons. The predicted molar refractivity (Wildman–Crippen MR) is 102 cm³/mol. The molecule has 0 unspecified atom stereocenters. The van der Waals surface area contributed by atoms with Gasteiger partial charge in [0.2, 0.25) is 11.7 Å². The third-order valence-electron chi connectivity index (χ3n) is 4.62. The average Bonchev–Trinajstić information content (AvgIpc) is 3.37. The summed E-state index contributed by atoms with van der Waals surface area (Å²) in [5.41, 5.74) is 1.97. The Labute approximate surface area is 162 Å². The van der Waals surface area contributed by atoms with Gasteiger partial charge in [0, 0.05) is 31.0 Å². The van der Waals surface area contributed by atoms with Crippen LogP contribution in [0.25, 0.3) is 16.2 Å². The van der Waals surface area contributed by atoms with Gasteiger partial charge in [-0.25, -0.2) is 4.85 Å². The molecule has 1 saturated heterocycles. The number of rotatable bonds is 4. The number of hydrogen-bond donors (Lipinski definition) is 0. The molecule has 0 spiro atoms. The highest BCUT2D eigenvalue weighted by Crippen LogP contribution is 2.24. The van der Waals surface area contributed by atoms with Crippen molar-refractivity contribution in [1.82, 2.24) is 15.0 Å². The molecule has 1 aliphatic heterocycles. The van der Waals surface area contributed by atoms with E-state index in [1.165, 1.54) is 0 Å². The number of benzene rings is 2. The minimum absolute atomic E-state index is 0.0366. The summed E-state index contributed by atoms with van der Waals surface area (Å²) >= 11 is 0. The monoisotopic (exact) mass is 374 g/mol. The predicted octanol–water partition coefficient (Wildman–Crippen LogP) is 3.89. The van der Waals surface area contributed by atoms with Gasteiger partial charge in [-0.15, -0.1) is 0 Å². The van der Waals surface area contributed by atoms with Crippen LogP contribution in [-0.4, -0.2) is 40.1 Å². The minimum Gasteiger partial charge on any atom is -0.489 e. The number of carbonyl (C=O) groups excluding carboxylic acids is 1. The van der Waals surface area contributed by atoms with E-state index in [9.17, 15) is 4.79 Å². The third-order valence-corrected chi connectivity index (χ3v) is 4.62. The molecule has 0 bridgehead atoms. The van der Waals surface area contributed by atoms with Crippen LogP contribution < -0.4 is 4.74 Å². The molecule has 1 fully saturated rings. The molecule has 3 aromatic rings. The molecule has 0 N–H and O–H groups in total. The Morgan fingerprint density at radius 2 is 1.96 bits per heavy atom. The maximum absolute atomic E-state index is 12.6. The topological polar surface area (TPSA) is 72.8 Å². The van der Waals surface area contributed by atoms with E-state index in [1.54, 1.807) is 36.1 Å². The fourth-order valence-electron chi connectivity index (χ4n) is 3.16. The van der Waals surface area contributed by atoms with Gasteiger partial charge < -0.3 is 14.2 Å². The number of ether oxygens (including phenoxy) is 1. The summed E-state index contributed by atoms with van der Waals surface area (Å²) in [5.74, 6) is 1.77. The summed E-state index contributed by atoms with van der Waals surface area (Å²) in [4.78, 5) is 22.0. The highest BCUT2D eigenvalue weighted by Gasteiger charge is 2.28. The second kappa shape index (κ2) is 7.53. The van der Waals surface area contributed by atoms with Crippen LogP contribution in [0.15, 0.2) is 53.1 Å². The van der Waals surface area contributed by atoms with E-state index in [4.69, 9.17) is 15.8 Å². The fraction of sp³-hybridized carbons (Fsp3) is 0.238. The third kappa shape index (κ3) is 3.71. The van der Waals surface area contributed by atoms with Crippen LogP contribution in [0.1, 0.15) is 22.7 Å². The smallest absolute Gasteiger partial charge is 0.253 e. The summed E-state index contributed by atoms with van der Waals surface area (Å²) in [5, 5.41) is 3.90. The molecule has 1 amide bonds. The molecule has 2 aromatic carbocycles. The molecular weight excluding hydrogens is 356 g/mol. The molecule has 4 rings (SSSR count). The molecule has 0 aliphatic carbocycles. The number of hydrogen-bond acceptors (Lipinski definition) is 5. The van der Waals surface area contributed by atoms with Gasteiger partial charge in [-0.3, -0.25) is 4.79 Å². The summed E-state index contributed by atoms with van der Waals surface area (Å²) < 4.78 is 11.0. The first-order valence-electron chi connectivity index (χ1n) is 8.96. The van der Waals surface area contributed by atoms with Crippen LogP contribution in [0.4, 0.5) is 5.69 Å². The van der Waals surface area contributed by atoms with Crippen molar-refractivity contribution in [2.75, 3.05) is 13.1 Å². The van der Waals surface area contributed by atoms with Gasteiger partial charge in [0.05, 0.1) is 13.1 Å². The van der Waals surface area contributed by atoms with Gasteiger partial charge in [-0.05, 0) is 24.3 Å². The van der Waals surface area contributed by atoms with Crippen molar-refractivity contribution >= 4 is 11.6 Å². The summed E-state index contributed by atoms with van der Waals surface area (Å²) in [6.45, 7) is 9.92. The largest absolute Gasteiger partial charge is 0.489 e. The SMILES string of the molecule is [C-]#[N+]c1ccc(C(=O)N2CC[C@H](Oc3ccc(-c4noc(C)n4)cc3)C2)cc1. The van der Waals surface area contributed by atoms with E-state index < -0.39 is 0 Å². The number of aryl methyl sites for hydroxylation is 1. The number of likely N-dealkylation sites (tertiary alicyclic amines) is 1. The van der Waals surface area contributed by atoms with E-state index in [0.717, 1.165) is 17.7 Å². The maximum atomic E-state index is 12.6. The summed E-state index contributed by atoms with van der Waals surface area (Å²) in [6.07, 6.45) is 0.724. The van der Waals surface area contributed by atoms with Crippen LogP contribution >= 0.6 is 0 Å². The van der Waals surface area contributed by atoms with Crippen LogP contribution in [0.5, 0.6) is 5.75 Å². The normalized spacial score (nSPS) is 16.0. The van der Waals surface area contributed by atoms with Gasteiger partial charge in [0.15, 0.2) is 5.69 Å². The van der Waals surface area contributed by atoms with Crippen molar-refractivity contribution in [2.45, 2.75) is 19.4 Å². The number of aromatic nitrogens is 2. The Morgan fingerprint density at radius 3 is 2.61 bits per heavy atom. The maximum Gasteiger partial charge on any atom is 0.253 e. The molecule has 1 aliphatic rings. The zero-order chi connectivity index (χ0) is 19.5. The highest BCUT2D eigenvalue weighted by molar-refractivity contribution is 5.94. The molecule has 7 nitrogen and oxygen atoms in total. The van der Waals surface area contributed by atoms with Crippen molar-refractivity contribution in [3.63, 3.8) is 0 Å². The van der Waals surface area contributed by atoms with Crippen molar-refractivity contribution in [1.29, 1.82) is 0 Å². The molecule has 2 heterocycles. The van der Waals surface area contributed by atoms with Gasteiger partial charge in [0.25, 0.3) is 5.91 Å². The molecule has 1 aromatic heterocycles. The molecule has 0 radical (unpaired) electrons. The number of carbonyl (C=O) groups is 1. The molecule has 0 saturated carbocycles. The van der Waals surface area contributed by atoms with Crippen molar-refractivity contribution in [3.05, 3.63) is 71.4 Å². The first kappa shape index (κ1) is 17.7. The van der Waals surface area contributed by atoms with Gasteiger partial charge in [-0.2, -0.15) is 4.98 Å². The zero-order valence-corrected chi connectivity index (χ0v) is 15.3. The summed E-state index contributed by atoms with van der Waals surface area (Å²) in [6, 6.07) is 14.2. The van der Waals surface area contributed by atoms with Crippen LogP contribution in [0.2, 0.25) is 0 Å². The van der Waals surface area contributed by atoms with E-state index >= 15 is 0 Å². The van der Waals surface area contributed by atoms with Crippen molar-refractivity contribution in [3.8, 4) is 17.1 Å². The Kier molecular flexibility index (Phi) is 4.77. The Balaban J connectivity index is 1.36. The molecule has 7 heteroatoms. The number of nitrogens with zero attached hydrogens (tertiary/aromatic N) is 4. The van der Waals surface area contributed by atoms with E-state index in [-0.39, 0.29) is 12.0 Å². The molecule has 28 heavy (non-hydrogen) atoms. The van der Waals surface area contributed by atoms with Gasteiger partial charge >= 0.3 is 0 Å². The average molecular weight is 374 g/mol. The van der Waals surface area contributed by atoms with Crippen molar-refractivity contribution in [2.24, 2.45) is 0 Å². The molecule has 1 atom stereocenters.